The third kappa shape index (κ3) is 5.11. The molecule has 0 aliphatic heterocycles. The standard InChI is InChI=1S/C47H42N2/c1-31-14-10-12-18-44(31)49(45-19-13-11-15-32(45)2)38-25-22-35(23-26-38)20-21-36-24-27-39-41-29-40-33(3)34(4)48(37-16-8-7-9-17-37)46(40)30-43(41)47(5,6)42(39)28-36/h7-30H,1-6H3. The van der Waals surface area contributed by atoms with Gasteiger partial charge >= 0.3 is 0 Å². The number of hydrogen-bond acceptors (Lipinski definition) is 1. The maximum absolute atomic E-state index is 2.45. The highest BCUT2D eigenvalue weighted by atomic mass is 15.1. The molecule has 2 heteroatoms. The maximum atomic E-state index is 2.45. The van der Waals surface area contributed by atoms with Crippen LogP contribution in [0.4, 0.5) is 17.1 Å². The van der Waals surface area contributed by atoms with Crippen molar-refractivity contribution in [2.24, 2.45) is 0 Å². The number of rotatable bonds is 6. The maximum Gasteiger partial charge on any atom is 0.0537 e. The van der Waals surface area contributed by atoms with Gasteiger partial charge in [-0.15, -0.1) is 0 Å². The molecule has 1 aliphatic rings. The van der Waals surface area contributed by atoms with Crippen LogP contribution in [0.5, 0.6) is 0 Å². The van der Waals surface area contributed by atoms with Gasteiger partial charge in [-0.05, 0) is 126 Å². The largest absolute Gasteiger partial charge is 0.314 e. The van der Waals surface area contributed by atoms with Crippen LogP contribution in [0.2, 0.25) is 0 Å². The molecule has 0 bridgehead atoms. The van der Waals surface area contributed by atoms with E-state index in [1.165, 1.54) is 83.7 Å². The second-order valence-electron chi connectivity index (χ2n) is 14.1. The molecule has 1 aliphatic carbocycles. The van der Waals surface area contributed by atoms with Crippen LogP contribution < -0.4 is 4.90 Å². The van der Waals surface area contributed by atoms with Gasteiger partial charge in [0, 0.05) is 39.2 Å². The van der Waals surface area contributed by atoms with Crippen molar-refractivity contribution in [1.29, 1.82) is 0 Å². The Hall–Kier alpha value is -5.60. The minimum Gasteiger partial charge on any atom is -0.314 e. The molecular formula is C47H42N2. The highest BCUT2D eigenvalue weighted by molar-refractivity contribution is 5.96. The van der Waals surface area contributed by atoms with E-state index in [4.69, 9.17) is 0 Å². The molecule has 0 saturated heterocycles. The van der Waals surface area contributed by atoms with E-state index in [-0.39, 0.29) is 5.41 Å². The molecule has 240 valence electrons. The van der Waals surface area contributed by atoms with Gasteiger partial charge in [-0.3, -0.25) is 0 Å². The Bertz CT molecular complexity index is 2340. The van der Waals surface area contributed by atoms with Crippen molar-refractivity contribution in [1.82, 2.24) is 4.57 Å². The van der Waals surface area contributed by atoms with E-state index in [9.17, 15) is 0 Å². The number of anilines is 3. The minimum atomic E-state index is -0.105. The van der Waals surface area contributed by atoms with Gasteiger partial charge in [0.05, 0.1) is 5.52 Å². The second kappa shape index (κ2) is 11.8. The van der Waals surface area contributed by atoms with Gasteiger partial charge < -0.3 is 9.47 Å². The number of nitrogens with zero attached hydrogens (tertiary/aromatic N) is 2. The number of aryl methyl sites for hydroxylation is 3. The zero-order valence-electron chi connectivity index (χ0n) is 29.3. The number of para-hydroxylation sites is 3. The van der Waals surface area contributed by atoms with E-state index >= 15 is 0 Å². The summed E-state index contributed by atoms with van der Waals surface area (Å²) in [7, 11) is 0. The summed E-state index contributed by atoms with van der Waals surface area (Å²) in [6.07, 6.45) is 4.48. The van der Waals surface area contributed by atoms with E-state index in [1.807, 2.05) is 0 Å². The molecular weight excluding hydrogens is 593 g/mol. The Morgan fingerprint density at radius 3 is 1.78 bits per heavy atom. The average Bonchev–Trinajstić information content (AvgIpc) is 3.49. The first-order valence-electron chi connectivity index (χ1n) is 17.3. The van der Waals surface area contributed by atoms with Crippen LogP contribution >= 0.6 is 0 Å². The Morgan fingerprint density at radius 2 is 1.12 bits per heavy atom. The van der Waals surface area contributed by atoms with Crippen LogP contribution in [0, 0.1) is 27.7 Å². The SMILES string of the molecule is Cc1ccccc1N(c1ccc(C=Cc2ccc3c(c2)C(C)(C)c2cc4c(cc2-3)c(C)c(C)n4-c2ccccc2)cc1)c1ccccc1C. The van der Waals surface area contributed by atoms with Gasteiger partial charge in [0.15, 0.2) is 0 Å². The molecule has 6 aromatic carbocycles. The molecule has 8 rings (SSSR count). The third-order valence-corrected chi connectivity index (χ3v) is 10.7. The van der Waals surface area contributed by atoms with Crippen molar-refractivity contribution in [2.45, 2.75) is 47.0 Å². The summed E-state index contributed by atoms with van der Waals surface area (Å²) >= 11 is 0. The lowest BCUT2D eigenvalue weighted by molar-refractivity contribution is 0.660. The third-order valence-electron chi connectivity index (χ3n) is 10.7. The van der Waals surface area contributed by atoms with E-state index < -0.39 is 0 Å². The fourth-order valence-corrected chi connectivity index (χ4v) is 7.79. The molecule has 0 atom stereocenters. The first kappa shape index (κ1) is 30.7. The summed E-state index contributed by atoms with van der Waals surface area (Å²) in [4.78, 5) is 2.37. The molecule has 1 aromatic heterocycles. The van der Waals surface area contributed by atoms with Crippen LogP contribution in [0.25, 0.3) is 39.9 Å². The highest BCUT2D eigenvalue weighted by Crippen LogP contribution is 2.51. The van der Waals surface area contributed by atoms with E-state index in [0.29, 0.717) is 0 Å². The van der Waals surface area contributed by atoms with Gasteiger partial charge in [-0.2, -0.15) is 0 Å². The van der Waals surface area contributed by atoms with Gasteiger partial charge in [0.25, 0.3) is 0 Å². The fraction of sp³-hybridized carbons (Fsp3) is 0.149. The zero-order chi connectivity index (χ0) is 33.9. The molecule has 0 N–H and O–H groups in total. The molecule has 1 heterocycles. The number of hydrogen-bond donors (Lipinski definition) is 0. The lowest BCUT2D eigenvalue weighted by Gasteiger charge is -2.28. The molecule has 49 heavy (non-hydrogen) atoms. The van der Waals surface area contributed by atoms with E-state index in [1.54, 1.807) is 0 Å². The van der Waals surface area contributed by atoms with Crippen molar-refractivity contribution in [3.63, 3.8) is 0 Å². The van der Waals surface area contributed by atoms with Gasteiger partial charge in [0.1, 0.15) is 0 Å². The van der Waals surface area contributed by atoms with E-state index in [2.05, 4.69) is 197 Å². The Kier molecular flexibility index (Phi) is 7.41. The first-order chi connectivity index (χ1) is 23.7. The van der Waals surface area contributed by atoms with Gasteiger partial charge in [-0.1, -0.05) is 111 Å². The topological polar surface area (TPSA) is 8.17 Å². The van der Waals surface area contributed by atoms with E-state index in [0.717, 1.165) is 5.69 Å². The lowest BCUT2D eigenvalue weighted by atomic mass is 9.81. The average molecular weight is 635 g/mol. The van der Waals surface area contributed by atoms with Crippen molar-refractivity contribution in [2.75, 3.05) is 4.90 Å². The van der Waals surface area contributed by atoms with Crippen LogP contribution in [-0.4, -0.2) is 4.57 Å². The normalized spacial score (nSPS) is 13.2. The van der Waals surface area contributed by atoms with Crippen LogP contribution in [0.15, 0.2) is 133 Å². The Morgan fingerprint density at radius 1 is 0.551 bits per heavy atom. The Labute approximate surface area is 290 Å². The second-order valence-corrected chi connectivity index (χ2v) is 14.1. The highest BCUT2D eigenvalue weighted by Gasteiger charge is 2.36. The summed E-state index contributed by atoms with van der Waals surface area (Å²) < 4.78 is 2.42. The number of benzene rings is 6. The summed E-state index contributed by atoms with van der Waals surface area (Å²) in [5.74, 6) is 0. The monoisotopic (exact) mass is 634 g/mol. The summed E-state index contributed by atoms with van der Waals surface area (Å²) in [6, 6.07) is 48.7. The quantitative estimate of drug-likeness (QED) is 0.165. The number of fused-ring (bicyclic) bond motifs is 4. The van der Waals surface area contributed by atoms with Gasteiger partial charge in [-0.25, -0.2) is 0 Å². The molecule has 7 aromatic rings. The molecule has 0 unspecified atom stereocenters. The van der Waals surface area contributed by atoms with Crippen molar-refractivity contribution in [3.8, 4) is 16.8 Å². The summed E-state index contributed by atoms with van der Waals surface area (Å²) in [5.41, 5.74) is 19.0. The lowest BCUT2D eigenvalue weighted by Crippen LogP contribution is -2.15. The van der Waals surface area contributed by atoms with Crippen molar-refractivity contribution >= 4 is 40.1 Å². The Balaban J connectivity index is 1.12. The molecule has 0 spiro atoms. The predicted octanol–water partition coefficient (Wildman–Crippen LogP) is 12.8. The minimum absolute atomic E-state index is 0.105. The first-order valence-corrected chi connectivity index (χ1v) is 17.3. The van der Waals surface area contributed by atoms with Crippen LogP contribution in [0.1, 0.15) is 58.5 Å². The molecule has 0 fully saturated rings. The van der Waals surface area contributed by atoms with Gasteiger partial charge in [0.2, 0.25) is 0 Å². The fourth-order valence-electron chi connectivity index (χ4n) is 7.79. The molecule has 0 amide bonds. The van der Waals surface area contributed by atoms with Crippen molar-refractivity contribution in [3.05, 3.63) is 178 Å². The van der Waals surface area contributed by atoms with Crippen LogP contribution in [-0.2, 0) is 5.41 Å². The summed E-state index contributed by atoms with van der Waals surface area (Å²) in [6.45, 7) is 13.6. The molecule has 0 saturated carbocycles. The smallest absolute Gasteiger partial charge is 0.0537 e. The van der Waals surface area contributed by atoms with Crippen LogP contribution in [0.3, 0.4) is 0 Å². The summed E-state index contributed by atoms with van der Waals surface area (Å²) in [5, 5.41) is 1.33. The molecule has 0 radical (unpaired) electrons. The zero-order valence-corrected chi connectivity index (χ0v) is 29.3. The van der Waals surface area contributed by atoms with Crippen molar-refractivity contribution < 1.29 is 0 Å². The predicted molar refractivity (Wildman–Crippen MR) is 210 cm³/mol. The number of aromatic nitrogens is 1. The molecule has 2 nitrogen and oxygen atoms in total.